The van der Waals surface area contributed by atoms with Crippen LogP contribution in [0.25, 0.3) is 5.65 Å². The second-order valence-electron chi connectivity index (χ2n) is 8.39. The monoisotopic (exact) mass is 447 g/mol. The number of pyridine rings is 1. The van der Waals surface area contributed by atoms with E-state index in [1.165, 1.54) is 0 Å². The van der Waals surface area contributed by atoms with Gasteiger partial charge in [0.2, 0.25) is 0 Å². The highest BCUT2D eigenvalue weighted by molar-refractivity contribution is 5.60. The Morgan fingerprint density at radius 1 is 1.09 bits per heavy atom. The van der Waals surface area contributed by atoms with Crippen LogP contribution in [0.3, 0.4) is 0 Å². The lowest BCUT2D eigenvalue weighted by molar-refractivity contribution is -0.146. The van der Waals surface area contributed by atoms with Crippen molar-refractivity contribution in [3.8, 4) is 0 Å². The van der Waals surface area contributed by atoms with Crippen LogP contribution in [0, 0.1) is 13.8 Å². The number of nitrogens with zero attached hydrogens (tertiary/aromatic N) is 7. The van der Waals surface area contributed by atoms with E-state index in [-0.39, 0.29) is 11.8 Å². The van der Waals surface area contributed by atoms with Gasteiger partial charge in [0.1, 0.15) is 0 Å². The van der Waals surface area contributed by atoms with Gasteiger partial charge >= 0.3 is 6.18 Å². The van der Waals surface area contributed by atoms with Gasteiger partial charge in [-0.25, -0.2) is 0 Å². The number of fused-ring (bicyclic) bond motifs is 2. The van der Waals surface area contributed by atoms with Gasteiger partial charge in [-0.05, 0) is 31.9 Å². The molecule has 0 aliphatic carbocycles. The molecule has 1 fully saturated rings. The van der Waals surface area contributed by atoms with Gasteiger partial charge in [-0.3, -0.25) is 4.98 Å². The lowest BCUT2D eigenvalue weighted by Crippen LogP contribution is -2.33. The molecule has 5 rings (SSSR count). The molecule has 0 aromatic carbocycles. The molecule has 0 radical (unpaired) electrons. The summed E-state index contributed by atoms with van der Waals surface area (Å²) in [6, 6.07) is 2.13. The number of hydrogen-bond acceptors (Lipinski definition) is 7. The fraction of sp³-hybridized carbons (Fsp3) is 0.524. The Morgan fingerprint density at radius 3 is 2.62 bits per heavy atom. The van der Waals surface area contributed by atoms with Crippen LogP contribution in [0.2, 0.25) is 0 Å². The fourth-order valence-electron chi connectivity index (χ4n) is 4.51. The first-order valence-corrected chi connectivity index (χ1v) is 10.6. The Morgan fingerprint density at radius 2 is 1.91 bits per heavy atom. The van der Waals surface area contributed by atoms with Gasteiger partial charge in [0.25, 0.3) is 5.82 Å². The molecule has 5 heterocycles. The van der Waals surface area contributed by atoms with E-state index in [1.807, 2.05) is 18.0 Å². The number of methoxy groups -OCH3 is 1. The first-order valence-electron chi connectivity index (χ1n) is 10.6. The zero-order chi connectivity index (χ0) is 22.6. The van der Waals surface area contributed by atoms with Gasteiger partial charge in [0.05, 0.1) is 18.0 Å². The van der Waals surface area contributed by atoms with Crippen molar-refractivity contribution in [3.05, 3.63) is 40.5 Å². The Hall–Kier alpha value is -2.95. The predicted molar refractivity (Wildman–Crippen MR) is 112 cm³/mol. The summed E-state index contributed by atoms with van der Waals surface area (Å²) in [6.45, 7) is 6.50. The van der Waals surface area contributed by atoms with Crippen molar-refractivity contribution in [3.63, 3.8) is 0 Å². The standard InChI is InChI=1S/C21H24F3N7O/c1-12-13(2)19(28-31-18(12)26-27-20(31)21(22,23)24)30-7-5-17-14(10-30)8-15(9-25-17)29-6-4-16(11-29)32-3/h8-9,16H,4-7,10-11H2,1-3H3. The molecule has 3 aromatic rings. The van der Waals surface area contributed by atoms with Crippen molar-refractivity contribution >= 4 is 17.2 Å². The average Bonchev–Trinajstić information content (AvgIpc) is 3.42. The summed E-state index contributed by atoms with van der Waals surface area (Å²) in [7, 11) is 1.73. The van der Waals surface area contributed by atoms with Crippen LogP contribution in [-0.2, 0) is 23.9 Å². The zero-order valence-corrected chi connectivity index (χ0v) is 18.1. The molecular formula is C21H24F3N7O. The molecule has 170 valence electrons. The minimum Gasteiger partial charge on any atom is -0.380 e. The fourth-order valence-corrected chi connectivity index (χ4v) is 4.51. The van der Waals surface area contributed by atoms with Crippen LogP contribution >= 0.6 is 0 Å². The maximum absolute atomic E-state index is 13.4. The molecule has 0 spiro atoms. The van der Waals surface area contributed by atoms with Gasteiger partial charge in [-0.1, -0.05) is 0 Å². The van der Waals surface area contributed by atoms with Crippen LogP contribution in [0.15, 0.2) is 12.3 Å². The van der Waals surface area contributed by atoms with Crippen molar-refractivity contribution in [1.82, 2.24) is 24.8 Å². The third kappa shape index (κ3) is 3.44. The summed E-state index contributed by atoms with van der Waals surface area (Å²) in [4.78, 5) is 8.94. The molecule has 0 saturated carbocycles. The molecule has 8 nitrogen and oxygen atoms in total. The summed E-state index contributed by atoms with van der Waals surface area (Å²) in [6.07, 6.45) is -0.838. The van der Waals surface area contributed by atoms with Gasteiger partial charge in [0, 0.05) is 56.5 Å². The average molecular weight is 447 g/mol. The van der Waals surface area contributed by atoms with Crippen LogP contribution < -0.4 is 9.80 Å². The van der Waals surface area contributed by atoms with E-state index in [0.29, 0.717) is 30.9 Å². The quantitative estimate of drug-likeness (QED) is 0.611. The molecule has 0 N–H and O–H groups in total. The number of hydrogen-bond donors (Lipinski definition) is 0. The molecule has 1 atom stereocenters. The van der Waals surface area contributed by atoms with Gasteiger partial charge < -0.3 is 14.5 Å². The third-order valence-electron chi connectivity index (χ3n) is 6.49. The van der Waals surface area contributed by atoms with Crippen LogP contribution in [0.5, 0.6) is 0 Å². The molecule has 1 saturated heterocycles. The van der Waals surface area contributed by atoms with E-state index in [1.54, 1.807) is 14.0 Å². The lowest BCUT2D eigenvalue weighted by atomic mass is 10.0. The Kier molecular flexibility index (Phi) is 4.95. The topological polar surface area (TPSA) is 71.7 Å². The Bertz CT molecular complexity index is 1180. The number of aromatic nitrogens is 5. The number of anilines is 2. The van der Waals surface area contributed by atoms with Crippen molar-refractivity contribution in [2.45, 2.75) is 45.5 Å². The lowest BCUT2D eigenvalue weighted by Gasteiger charge is -2.31. The number of ether oxygens (including phenoxy) is 1. The number of rotatable bonds is 3. The predicted octanol–water partition coefficient (Wildman–Crippen LogP) is 2.94. The van der Waals surface area contributed by atoms with Crippen molar-refractivity contribution < 1.29 is 17.9 Å². The summed E-state index contributed by atoms with van der Waals surface area (Å²) >= 11 is 0. The Labute approximate surface area is 183 Å². The van der Waals surface area contributed by atoms with Crippen LogP contribution in [0.4, 0.5) is 24.7 Å². The summed E-state index contributed by atoms with van der Waals surface area (Å²) < 4.78 is 46.5. The first kappa shape index (κ1) is 20.9. The second kappa shape index (κ2) is 7.58. The number of halogens is 3. The van der Waals surface area contributed by atoms with Gasteiger partial charge in [0.15, 0.2) is 11.5 Å². The highest BCUT2D eigenvalue weighted by Crippen LogP contribution is 2.33. The summed E-state index contributed by atoms with van der Waals surface area (Å²) in [5.41, 5.74) is 4.69. The maximum Gasteiger partial charge on any atom is 0.453 e. The first-order chi connectivity index (χ1) is 15.3. The number of alkyl halides is 3. The Balaban J connectivity index is 1.49. The SMILES string of the molecule is COC1CCN(c2cnc3c(c2)CN(c2nn4c(C(F)(F)F)nnc4c(C)c2C)CC3)C1. The van der Waals surface area contributed by atoms with Gasteiger partial charge in [-0.15, -0.1) is 15.3 Å². The molecule has 11 heteroatoms. The van der Waals surface area contributed by atoms with E-state index >= 15 is 0 Å². The molecular weight excluding hydrogens is 423 g/mol. The van der Waals surface area contributed by atoms with Crippen molar-refractivity contribution in [1.29, 1.82) is 0 Å². The van der Waals surface area contributed by atoms with E-state index in [4.69, 9.17) is 4.74 Å². The number of aryl methyl sites for hydroxylation is 1. The van der Waals surface area contributed by atoms with Crippen molar-refractivity contribution in [2.75, 3.05) is 36.5 Å². The molecule has 2 aliphatic heterocycles. The van der Waals surface area contributed by atoms with E-state index in [2.05, 4.69) is 31.2 Å². The van der Waals surface area contributed by atoms with Gasteiger partial charge in [-0.2, -0.15) is 17.7 Å². The van der Waals surface area contributed by atoms with Crippen molar-refractivity contribution in [2.24, 2.45) is 0 Å². The highest BCUT2D eigenvalue weighted by atomic mass is 19.4. The summed E-state index contributed by atoms with van der Waals surface area (Å²) in [5.74, 6) is -0.600. The maximum atomic E-state index is 13.4. The molecule has 0 bridgehead atoms. The van der Waals surface area contributed by atoms with Crippen LogP contribution in [0.1, 0.15) is 34.6 Å². The summed E-state index contributed by atoms with van der Waals surface area (Å²) in [5, 5.41) is 11.4. The smallest absolute Gasteiger partial charge is 0.380 e. The second-order valence-corrected chi connectivity index (χ2v) is 8.39. The molecule has 1 unspecified atom stereocenters. The normalized spacial score (nSPS) is 19.1. The minimum absolute atomic E-state index is 0.127. The van der Waals surface area contributed by atoms with Crippen LogP contribution in [-0.4, -0.2) is 57.6 Å². The van der Waals surface area contributed by atoms with E-state index in [0.717, 1.165) is 46.5 Å². The highest BCUT2D eigenvalue weighted by Gasteiger charge is 2.38. The molecule has 0 amide bonds. The largest absolute Gasteiger partial charge is 0.453 e. The van der Waals surface area contributed by atoms with E-state index in [9.17, 15) is 13.2 Å². The zero-order valence-electron chi connectivity index (χ0n) is 18.1. The molecule has 32 heavy (non-hydrogen) atoms. The molecule has 3 aromatic heterocycles. The minimum atomic E-state index is -4.63. The third-order valence-corrected chi connectivity index (χ3v) is 6.49. The molecule has 2 aliphatic rings. The van der Waals surface area contributed by atoms with E-state index < -0.39 is 12.0 Å².